The van der Waals surface area contributed by atoms with Gasteiger partial charge >= 0.3 is 6.18 Å². The van der Waals surface area contributed by atoms with E-state index in [2.05, 4.69) is 0 Å². The smallest absolute Gasteiger partial charge is 0.416 e. The predicted octanol–water partition coefficient (Wildman–Crippen LogP) is 4.09. The SMILES string of the molecule is COc1cc(C(=O)N2CCOC(COCc3cccc(C(F)(F)F)c3)C2)cc(OC)c1C. The Morgan fingerprint density at radius 2 is 1.84 bits per heavy atom. The number of ether oxygens (including phenoxy) is 4. The van der Waals surface area contributed by atoms with Gasteiger partial charge in [0.25, 0.3) is 5.91 Å². The molecule has 0 aromatic heterocycles. The zero-order valence-corrected chi connectivity index (χ0v) is 18.2. The van der Waals surface area contributed by atoms with Crippen LogP contribution in [0.2, 0.25) is 0 Å². The summed E-state index contributed by atoms with van der Waals surface area (Å²) in [5.74, 6) is 0.927. The topological polar surface area (TPSA) is 57.2 Å². The van der Waals surface area contributed by atoms with Gasteiger partial charge in [-0.3, -0.25) is 4.79 Å². The summed E-state index contributed by atoms with van der Waals surface area (Å²) in [5.41, 5.74) is 0.944. The highest BCUT2D eigenvalue weighted by Gasteiger charge is 2.30. The molecule has 2 aromatic rings. The Morgan fingerprint density at radius 1 is 1.16 bits per heavy atom. The molecule has 0 bridgehead atoms. The summed E-state index contributed by atoms with van der Waals surface area (Å²) in [6.45, 7) is 3.08. The number of hydrogen-bond acceptors (Lipinski definition) is 5. The van der Waals surface area contributed by atoms with Gasteiger partial charge in [-0.1, -0.05) is 12.1 Å². The summed E-state index contributed by atoms with van der Waals surface area (Å²) in [6, 6.07) is 8.36. The molecule has 0 radical (unpaired) electrons. The van der Waals surface area contributed by atoms with Gasteiger partial charge in [-0.2, -0.15) is 13.2 Å². The molecular weight excluding hydrogens is 427 g/mol. The van der Waals surface area contributed by atoms with Crippen LogP contribution in [0.1, 0.15) is 27.0 Å². The number of carbonyl (C=O) groups excluding carboxylic acids is 1. The lowest BCUT2D eigenvalue weighted by molar-refractivity contribution is -0.137. The maximum Gasteiger partial charge on any atom is 0.416 e. The van der Waals surface area contributed by atoms with Crippen molar-refractivity contribution >= 4 is 5.91 Å². The molecule has 1 aliphatic rings. The molecule has 1 unspecified atom stereocenters. The monoisotopic (exact) mass is 453 g/mol. The largest absolute Gasteiger partial charge is 0.496 e. The van der Waals surface area contributed by atoms with E-state index in [9.17, 15) is 18.0 Å². The van der Waals surface area contributed by atoms with E-state index in [4.69, 9.17) is 18.9 Å². The van der Waals surface area contributed by atoms with Gasteiger partial charge in [-0.25, -0.2) is 0 Å². The fourth-order valence-electron chi connectivity index (χ4n) is 3.54. The number of nitrogens with zero attached hydrogens (tertiary/aromatic N) is 1. The molecule has 0 N–H and O–H groups in total. The van der Waals surface area contributed by atoms with Crippen molar-refractivity contribution in [3.63, 3.8) is 0 Å². The van der Waals surface area contributed by atoms with E-state index in [-0.39, 0.29) is 25.2 Å². The highest BCUT2D eigenvalue weighted by atomic mass is 19.4. The number of carbonyl (C=O) groups is 1. The number of alkyl halides is 3. The van der Waals surface area contributed by atoms with E-state index in [0.717, 1.165) is 17.7 Å². The Hall–Kier alpha value is -2.78. The van der Waals surface area contributed by atoms with Crippen molar-refractivity contribution in [3.8, 4) is 11.5 Å². The summed E-state index contributed by atoms with van der Waals surface area (Å²) < 4.78 is 60.5. The van der Waals surface area contributed by atoms with E-state index >= 15 is 0 Å². The average molecular weight is 453 g/mol. The molecule has 9 heteroatoms. The molecule has 1 aliphatic heterocycles. The van der Waals surface area contributed by atoms with Crippen molar-refractivity contribution in [3.05, 3.63) is 58.7 Å². The Labute approximate surface area is 184 Å². The van der Waals surface area contributed by atoms with Crippen LogP contribution in [-0.4, -0.2) is 57.4 Å². The lowest BCUT2D eigenvalue weighted by Crippen LogP contribution is -2.47. The van der Waals surface area contributed by atoms with Crippen molar-refractivity contribution in [1.29, 1.82) is 0 Å². The first kappa shape index (κ1) is 23.9. The number of methoxy groups -OCH3 is 2. The molecule has 3 rings (SSSR count). The van der Waals surface area contributed by atoms with E-state index in [1.807, 2.05) is 6.92 Å². The molecule has 0 aliphatic carbocycles. The molecule has 0 saturated carbocycles. The third-order valence-electron chi connectivity index (χ3n) is 5.25. The first-order valence-electron chi connectivity index (χ1n) is 10.1. The van der Waals surface area contributed by atoms with Crippen LogP contribution in [0, 0.1) is 6.92 Å². The van der Waals surface area contributed by atoms with Crippen LogP contribution < -0.4 is 9.47 Å². The van der Waals surface area contributed by atoms with E-state index in [1.165, 1.54) is 20.3 Å². The standard InChI is InChI=1S/C23H26F3NO5/c1-15-20(29-2)10-17(11-21(15)30-3)22(28)27-7-8-32-19(12-27)14-31-13-16-5-4-6-18(9-16)23(24,25)26/h4-6,9-11,19H,7-8,12-14H2,1-3H3. The van der Waals surface area contributed by atoms with Gasteiger partial charge in [0, 0.05) is 24.2 Å². The van der Waals surface area contributed by atoms with Gasteiger partial charge in [0.15, 0.2) is 0 Å². The second-order valence-corrected chi connectivity index (χ2v) is 7.46. The molecule has 1 saturated heterocycles. The fraction of sp³-hybridized carbons (Fsp3) is 0.435. The van der Waals surface area contributed by atoms with Gasteiger partial charge < -0.3 is 23.8 Å². The first-order valence-corrected chi connectivity index (χ1v) is 10.1. The second-order valence-electron chi connectivity index (χ2n) is 7.46. The third kappa shape index (κ3) is 5.72. The number of amides is 1. The van der Waals surface area contributed by atoms with Gasteiger partial charge in [0.1, 0.15) is 11.5 Å². The zero-order chi connectivity index (χ0) is 23.3. The molecule has 1 fully saturated rings. The third-order valence-corrected chi connectivity index (χ3v) is 5.25. The highest BCUT2D eigenvalue weighted by molar-refractivity contribution is 5.95. The Kier molecular flexibility index (Phi) is 7.63. The van der Waals surface area contributed by atoms with Crippen molar-refractivity contribution in [2.45, 2.75) is 25.8 Å². The number of hydrogen-bond donors (Lipinski definition) is 0. The summed E-state index contributed by atoms with van der Waals surface area (Å²) in [6.07, 6.45) is -4.78. The summed E-state index contributed by atoms with van der Waals surface area (Å²) >= 11 is 0. The normalized spacial score (nSPS) is 16.7. The van der Waals surface area contributed by atoms with Gasteiger partial charge in [-0.05, 0) is 36.8 Å². The number of halogens is 3. The van der Waals surface area contributed by atoms with Crippen molar-refractivity contribution in [2.24, 2.45) is 0 Å². The molecule has 0 spiro atoms. The van der Waals surface area contributed by atoms with E-state index in [0.29, 0.717) is 42.3 Å². The molecule has 2 aromatic carbocycles. The lowest BCUT2D eigenvalue weighted by atomic mass is 10.1. The minimum Gasteiger partial charge on any atom is -0.496 e. The summed E-state index contributed by atoms with van der Waals surface area (Å²) in [5, 5.41) is 0. The van der Waals surface area contributed by atoms with Crippen LogP contribution in [0.25, 0.3) is 0 Å². The summed E-state index contributed by atoms with van der Waals surface area (Å²) in [7, 11) is 3.06. The molecule has 1 atom stereocenters. The van der Waals surface area contributed by atoms with Crippen LogP contribution >= 0.6 is 0 Å². The Bertz CT molecular complexity index is 922. The minimum atomic E-state index is -4.40. The Balaban J connectivity index is 1.59. The highest BCUT2D eigenvalue weighted by Crippen LogP contribution is 2.31. The Morgan fingerprint density at radius 3 is 2.47 bits per heavy atom. The lowest BCUT2D eigenvalue weighted by Gasteiger charge is -2.33. The van der Waals surface area contributed by atoms with Crippen LogP contribution in [0.4, 0.5) is 13.2 Å². The van der Waals surface area contributed by atoms with Crippen LogP contribution in [0.3, 0.4) is 0 Å². The molecule has 32 heavy (non-hydrogen) atoms. The van der Waals surface area contributed by atoms with Gasteiger partial charge in [0.05, 0.1) is 45.7 Å². The molecular formula is C23H26F3NO5. The van der Waals surface area contributed by atoms with Crippen LogP contribution in [-0.2, 0) is 22.3 Å². The molecule has 1 heterocycles. The number of benzene rings is 2. The molecule has 1 amide bonds. The predicted molar refractivity (Wildman–Crippen MR) is 111 cm³/mol. The minimum absolute atomic E-state index is 0.0179. The first-order chi connectivity index (χ1) is 15.2. The molecule has 6 nitrogen and oxygen atoms in total. The average Bonchev–Trinajstić information content (AvgIpc) is 2.78. The number of rotatable bonds is 7. The van der Waals surface area contributed by atoms with Crippen molar-refractivity contribution < 1.29 is 36.9 Å². The quantitative estimate of drug-likeness (QED) is 0.632. The van der Waals surface area contributed by atoms with Crippen molar-refractivity contribution in [2.75, 3.05) is 40.5 Å². The fourth-order valence-corrected chi connectivity index (χ4v) is 3.54. The maximum absolute atomic E-state index is 13.0. The maximum atomic E-state index is 13.0. The van der Waals surface area contributed by atoms with Crippen molar-refractivity contribution in [1.82, 2.24) is 4.90 Å². The summed E-state index contributed by atoms with van der Waals surface area (Å²) in [4.78, 5) is 14.7. The zero-order valence-electron chi connectivity index (χ0n) is 18.2. The van der Waals surface area contributed by atoms with E-state index < -0.39 is 11.7 Å². The van der Waals surface area contributed by atoms with E-state index in [1.54, 1.807) is 23.1 Å². The second kappa shape index (κ2) is 10.2. The van der Waals surface area contributed by atoms with Gasteiger partial charge in [-0.15, -0.1) is 0 Å². The van der Waals surface area contributed by atoms with Crippen LogP contribution in [0.5, 0.6) is 11.5 Å². The van der Waals surface area contributed by atoms with Crippen LogP contribution in [0.15, 0.2) is 36.4 Å². The molecule has 174 valence electrons. The number of morpholine rings is 1. The van der Waals surface area contributed by atoms with Gasteiger partial charge in [0.2, 0.25) is 0 Å².